The van der Waals surface area contributed by atoms with Crippen LogP contribution in [-0.2, 0) is 22.6 Å². The van der Waals surface area contributed by atoms with Crippen LogP contribution >= 0.6 is 0 Å². The van der Waals surface area contributed by atoms with Crippen molar-refractivity contribution in [2.45, 2.75) is 19.9 Å². The van der Waals surface area contributed by atoms with Gasteiger partial charge in [-0.1, -0.05) is 25.1 Å². The molecule has 4 rings (SSSR count). The number of ether oxygens (including phenoxy) is 2. The predicted molar refractivity (Wildman–Crippen MR) is 126 cm³/mol. The average Bonchev–Trinajstić information content (AvgIpc) is 2.88. The molecule has 0 unspecified atom stereocenters. The zero-order valence-electron chi connectivity index (χ0n) is 18.8. The summed E-state index contributed by atoms with van der Waals surface area (Å²) in [5.41, 5.74) is 2.63. The second-order valence-electron chi connectivity index (χ2n) is 7.76. The molecule has 0 atom stereocenters. The number of amides is 2. The smallest absolute Gasteiger partial charge is 0.265 e. The number of ketones is 1. The summed E-state index contributed by atoms with van der Waals surface area (Å²) in [6.07, 6.45) is 2.57. The van der Waals surface area contributed by atoms with Gasteiger partial charge in [-0.25, -0.2) is 0 Å². The maximum absolute atomic E-state index is 12.7. The molecule has 0 saturated heterocycles. The van der Waals surface area contributed by atoms with Crippen LogP contribution in [0.3, 0.4) is 0 Å². The van der Waals surface area contributed by atoms with Crippen molar-refractivity contribution in [2.24, 2.45) is 0 Å². The lowest BCUT2D eigenvalue weighted by Crippen LogP contribution is -2.45. The van der Waals surface area contributed by atoms with Crippen LogP contribution in [0.25, 0.3) is 0 Å². The molecule has 2 aromatic carbocycles. The number of anilines is 1. The molecule has 0 fully saturated rings. The van der Waals surface area contributed by atoms with Gasteiger partial charge in [0.25, 0.3) is 5.91 Å². The van der Waals surface area contributed by atoms with Crippen LogP contribution in [0.15, 0.2) is 66.9 Å². The van der Waals surface area contributed by atoms with Gasteiger partial charge in [0, 0.05) is 11.8 Å². The normalized spacial score (nSPS) is 12.5. The third kappa shape index (κ3) is 5.58. The number of carbonyl (C=O) groups is 3. The average molecular weight is 460 g/mol. The molecule has 1 aliphatic heterocycles. The summed E-state index contributed by atoms with van der Waals surface area (Å²) in [7, 11) is 0. The number of nitrogens with one attached hydrogen (secondary N) is 1. The number of rotatable bonds is 9. The van der Waals surface area contributed by atoms with Crippen LogP contribution in [0.5, 0.6) is 11.5 Å². The predicted octanol–water partition coefficient (Wildman–Crippen LogP) is 2.95. The van der Waals surface area contributed by atoms with Gasteiger partial charge in [0.15, 0.2) is 19.0 Å². The highest BCUT2D eigenvalue weighted by Crippen LogP contribution is 2.33. The van der Waals surface area contributed by atoms with E-state index in [0.29, 0.717) is 28.4 Å². The lowest BCUT2D eigenvalue weighted by Gasteiger charge is -2.29. The van der Waals surface area contributed by atoms with Crippen LogP contribution in [-0.4, -0.2) is 42.3 Å². The number of fused-ring (bicyclic) bond motifs is 1. The van der Waals surface area contributed by atoms with Crippen LogP contribution in [0.4, 0.5) is 5.69 Å². The Kier molecular flexibility index (Phi) is 7.17. The standard InChI is InChI=1S/C26H25N3O5/c1-2-18-6-9-21(10-7-18)33-16-23(30)19-8-11-24-22(13-19)29(26(32)17-34-24)15-25(31)28-14-20-5-3-4-12-27-20/h3-13H,2,14-17H2,1H3,(H,28,31). The van der Waals surface area contributed by atoms with Crippen molar-refractivity contribution in [3.05, 3.63) is 83.7 Å². The number of carbonyl (C=O) groups excluding carboxylic acids is 3. The molecular weight excluding hydrogens is 434 g/mol. The Morgan fingerprint density at radius 1 is 1.12 bits per heavy atom. The van der Waals surface area contributed by atoms with Gasteiger partial charge in [-0.3, -0.25) is 24.3 Å². The van der Waals surface area contributed by atoms with Gasteiger partial charge in [0.1, 0.15) is 18.0 Å². The molecule has 1 aliphatic rings. The van der Waals surface area contributed by atoms with Gasteiger partial charge in [0.2, 0.25) is 5.91 Å². The van der Waals surface area contributed by atoms with E-state index in [1.54, 1.807) is 36.5 Å². The molecule has 8 heteroatoms. The molecule has 1 aromatic heterocycles. The number of hydrogen-bond acceptors (Lipinski definition) is 6. The molecule has 1 N–H and O–H groups in total. The minimum Gasteiger partial charge on any atom is -0.485 e. The first-order chi connectivity index (χ1) is 16.5. The molecule has 2 amide bonds. The SMILES string of the molecule is CCc1ccc(OCC(=O)c2ccc3c(c2)N(CC(=O)NCc2ccccn2)C(=O)CO3)cc1. The number of hydrogen-bond donors (Lipinski definition) is 1. The third-order valence-electron chi connectivity index (χ3n) is 5.42. The number of Topliss-reactive ketones (excluding diaryl/α,β-unsaturated/α-hetero) is 1. The van der Waals surface area contributed by atoms with Crippen LogP contribution in [0.2, 0.25) is 0 Å². The minimum absolute atomic E-state index is 0.149. The van der Waals surface area contributed by atoms with E-state index in [4.69, 9.17) is 9.47 Å². The second-order valence-corrected chi connectivity index (χ2v) is 7.76. The van der Waals surface area contributed by atoms with Crippen molar-refractivity contribution in [3.8, 4) is 11.5 Å². The van der Waals surface area contributed by atoms with Gasteiger partial charge in [0.05, 0.1) is 17.9 Å². The highest BCUT2D eigenvalue weighted by Gasteiger charge is 2.28. The molecule has 0 spiro atoms. The third-order valence-corrected chi connectivity index (χ3v) is 5.42. The van der Waals surface area contributed by atoms with Gasteiger partial charge < -0.3 is 14.8 Å². The minimum atomic E-state index is -0.364. The van der Waals surface area contributed by atoms with Crippen molar-refractivity contribution >= 4 is 23.3 Å². The van der Waals surface area contributed by atoms with Crippen molar-refractivity contribution in [1.82, 2.24) is 10.3 Å². The summed E-state index contributed by atoms with van der Waals surface area (Å²) < 4.78 is 11.1. The first-order valence-electron chi connectivity index (χ1n) is 11.0. The largest absolute Gasteiger partial charge is 0.485 e. The fourth-order valence-electron chi connectivity index (χ4n) is 3.49. The van der Waals surface area contributed by atoms with Crippen molar-refractivity contribution < 1.29 is 23.9 Å². The summed E-state index contributed by atoms with van der Waals surface area (Å²) in [5.74, 6) is 0.0812. The van der Waals surface area contributed by atoms with E-state index >= 15 is 0 Å². The molecule has 8 nitrogen and oxygen atoms in total. The summed E-state index contributed by atoms with van der Waals surface area (Å²) >= 11 is 0. The van der Waals surface area contributed by atoms with Gasteiger partial charge in [-0.2, -0.15) is 0 Å². The zero-order chi connectivity index (χ0) is 23.9. The first-order valence-corrected chi connectivity index (χ1v) is 11.0. The Morgan fingerprint density at radius 2 is 1.94 bits per heavy atom. The highest BCUT2D eigenvalue weighted by molar-refractivity contribution is 6.04. The van der Waals surface area contributed by atoms with E-state index in [1.807, 2.05) is 30.3 Å². The van der Waals surface area contributed by atoms with Crippen LogP contribution in [0.1, 0.15) is 28.5 Å². The maximum Gasteiger partial charge on any atom is 0.265 e. The number of nitrogens with zero attached hydrogens (tertiary/aromatic N) is 2. The molecule has 0 aliphatic carbocycles. The topological polar surface area (TPSA) is 97.8 Å². The quantitative estimate of drug-likeness (QED) is 0.494. The highest BCUT2D eigenvalue weighted by atomic mass is 16.5. The fourth-order valence-corrected chi connectivity index (χ4v) is 3.49. The van der Waals surface area contributed by atoms with E-state index in [-0.39, 0.29) is 43.9 Å². The van der Waals surface area contributed by atoms with E-state index in [0.717, 1.165) is 6.42 Å². The van der Waals surface area contributed by atoms with Gasteiger partial charge in [-0.05, 0) is 54.4 Å². The Morgan fingerprint density at radius 3 is 2.68 bits per heavy atom. The van der Waals surface area contributed by atoms with Crippen molar-refractivity contribution in [2.75, 3.05) is 24.7 Å². The second kappa shape index (κ2) is 10.6. The van der Waals surface area contributed by atoms with E-state index in [1.165, 1.54) is 10.5 Å². The molecule has 3 aromatic rings. The van der Waals surface area contributed by atoms with Crippen LogP contribution < -0.4 is 19.7 Å². The van der Waals surface area contributed by atoms with Crippen molar-refractivity contribution in [3.63, 3.8) is 0 Å². The fraction of sp³-hybridized carbons (Fsp3) is 0.231. The zero-order valence-corrected chi connectivity index (χ0v) is 18.8. The summed E-state index contributed by atoms with van der Waals surface area (Å²) in [5, 5.41) is 2.76. The Balaban J connectivity index is 1.42. The number of benzene rings is 2. The van der Waals surface area contributed by atoms with Crippen LogP contribution in [0, 0.1) is 0 Å². The van der Waals surface area contributed by atoms with Gasteiger partial charge >= 0.3 is 0 Å². The Labute approximate surface area is 197 Å². The molecule has 2 heterocycles. The number of aromatic nitrogens is 1. The molecule has 0 bridgehead atoms. The summed E-state index contributed by atoms with van der Waals surface area (Å²) in [6, 6.07) is 17.8. The molecular formula is C26H25N3O5. The molecule has 174 valence electrons. The number of aryl methyl sites for hydroxylation is 1. The lowest BCUT2D eigenvalue weighted by atomic mass is 10.1. The Hall–Kier alpha value is -4.20. The van der Waals surface area contributed by atoms with Crippen molar-refractivity contribution in [1.29, 1.82) is 0 Å². The molecule has 0 radical (unpaired) electrons. The lowest BCUT2D eigenvalue weighted by molar-refractivity contribution is -0.125. The summed E-state index contributed by atoms with van der Waals surface area (Å²) in [6.45, 7) is 1.80. The first kappa shape index (κ1) is 23.0. The van der Waals surface area contributed by atoms with Gasteiger partial charge in [-0.15, -0.1) is 0 Å². The maximum atomic E-state index is 12.7. The van der Waals surface area contributed by atoms with E-state index < -0.39 is 0 Å². The number of pyridine rings is 1. The molecule has 34 heavy (non-hydrogen) atoms. The summed E-state index contributed by atoms with van der Waals surface area (Å²) in [4.78, 5) is 43.2. The van der Waals surface area contributed by atoms with E-state index in [2.05, 4.69) is 17.2 Å². The molecule has 0 saturated carbocycles. The monoisotopic (exact) mass is 459 g/mol. The van der Waals surface area contributed by atoms with E-state index in [9.17, 15) is 14.4 Å². The Bertz CT molecular complexity index is 1180.